The number of primary amides is 1. The van der Waals surface area contributed by atoms with Crippen molar-refractivity contribution in [2.24, 2.45) is 23.5 Å². The van der Waals surface area contributed by atoms with Crippen LogP contribution in [0.25, 0.3) is 5.76 Å². The molecule has 1 aromatic rings. The van der Waals surface area contributed by atoms with E-state index >= 15 is 0 Å². The monoisotopic (exact) mass is 532 g/mol. The summed E-state index contributed by atoms with van der Waals surface area (Å²) >= 11 is 1.57. The fourth-order valence-electron chi connectivity index (χ4n) is 6.02. The number of aliphatic hydroxyl groups excluding tert-OH is 3. The van der Waals surface area contributed by atoms with E-state index in [1.165, 1.54) is 25.1 Å². The lowest BCUT2D eigenvalue weighted by Gasteiger charge is -2.54. The number of phenolic OH excluding ortho intramolecular Hbond substituents is 1. The smallest absolute Gasteiger partial charge is 0.255 e. The largest absolute Gasteiger partial charge is 0.508 e. The standard InChI is InChI=1S/C26H32N2O8S/c1-10(2)8-37-9-12-11-6-5-7-13(29)14(11)20(30)16-15(12)21(31)18-19(28(3)4)22(32)17(25(27)35)24(34)26(18,36)23(16)33/h5-7,10,12,15,18-19,21,29-31,34,36H,8-9H2,1-4H3,(H2,27,35)/t12-,15?,18?,19-,21-,26-/m0/s1. The molecule has 1 fully saturated rings. The molecule has 0 bridgehead atoms. The number of rotatable bonds is 6. The van der Waals surface area contributed by atoms with E-state index in [4.69, 9.17) is 5.73 Å². The van der Waals surface area contributed by atoms with E-state index in [2.05, 4.69) is 0 Å². The van der Waals surface area contributed by atoms with Crippen LogP contribution in [0.15, 0.2) is 35.1 Å². The van der Waals surface area contributed by atoms with Crippen LogP contribution < -0.4 is 5.73 Å². The minimum Gasteiger partial charge on any atom is -0.508 e. The minimum absolute atomic E-state index is 0.00105. The highest BCUT2D eigenvalue weighted by molar-refractivity contribution is 7.99. The number of hydrogen-bond donors (Lipinski definition) is 6. The summed E-state index contributed by atoms with van der Waals surface area (Å²) in [6.45, 7) is 4.09. The quantitative estimate of drug-likeness (QED) is 0.288. The zero-order chi connectivity index (χ0) is 27.6. The maximum atomic E-state index is 14.0. The Hall–Kier alpha value is -2.86. The van der Waals surface area contributed by atoms with E-state index in [1.807, 2.05) is 13.8 Å². The van der Waals surface area contributed by atoms with E-state index in [1.54, 1.807) is 23.9 Å². The highest BCUT2D eigenvalue weighted by Crippen LogP contribution is 2.56. The third kappa shape index (κ3) is 3.87. The number of phenols is 1. The molecular formula is C26H32N2O8S. The number of fused-ring (bicyclic) bond motifs is 3. The van der Waals surface area contributed by atoms with Crippen molar-refractivity contribution in [3.8, 4) is 5.75 Å². The maximum absolute atomic E-state index is 14.0. The lowest BCUT2D eigenvalue weighted by atomic mass is 9.54. The molecule has 0 aliphatic heterocycles. The number of likely N-dealkylation sites (N-methyl/N-ethyl adjacent to an activating group) is 1. The molecule has 7 N–H and O–H groups in total. The molecule has 1 amide bonds. The summed E-state index contributed by atoms with van der Waals surface area (Å²) in [6.07, 6.45) is -1.60. The van der Waals surface area contributed by atoms with Crippen LogP contribution >= 0.6 is 11.8 Å². The van der Waals surface area contributed by atoms with Gasteiger partial charge in [-0.2, -0.15) is 11.8 Å². The van der Waals surface area contributed by atoms with Crippen molar-refractivity contribution in [2.45, 2.75) is 37.5 Å². The Morgan fingerprint density at radius 2 is 1.84 bits per heavy atom. The van der Waals surface area contributed by atoms with E-state index in [-0.39, 0.29) is 16.9 Å². The van der Waals surface area contributed by atoms with Gasteiger partial charge >= 0.3 is 0 Å². The lowest BCUT2D eigenvalue weighted by Crippen LogP contribution is -2.70. The van der Waals surface area contributed by atoms with Crippen molar-refractivity contribution in [3.05, 3.63) is 46.2 Å². The van der Waals surface area contributed by atoms with Gasteiger partial charge in [-0.1, -0.05) is 26.0 Å². The average molecular weight is 533 g/mol. The molecule has 1 saturated carbocycles. The average Bonchev–Trinajstić information content (AvgIpc) is 2.80. The molecule has 2 unspecified atom stereocenters. The predicted octanol–water partition coefficient (Wildman–Crippen LogP) is 0.865. The minimum atomic E-state index is -2.91. The van der Waals surface area contributed by atoms with Crippen LogP contribution in [0.1, 0.15) is 30.9 Å². The molecular weight excluding hydrogens is 500 g/mol. The summed E-state index contributed by atoms with van der Waals surface area (Å²) in [5, 5.41) is 56.3. The molecule has 0 radical (unpaired) electrons. The summed E-state index contributed by atoms with van der Waals surface area (Å²) in [5.41, 5.74) is 1.63. The van der Waals surface area contributed by atoms with Gasteiger partial charge in [0.1, 0.15) is 22.8 Å². The summed E-state index contributed by atoms with van der Waals surface area (Å²) in [4.78, 5) is 40.8. The highest BCUT2D eigenvalue weighted by atomic mass is 32.2. The topological polar surface area (TPSA) is 182 Å². The molecule has 3 aliphatic rings. The zero-order valence-corrected chi connectivity index (χ0v) is 21.8. The summed E-state index contributed by atoms with van der Waals surface area (Å²) in [6, 6.07) is 3.26. The lowest BCUT2D eigenvalue weighted by molar-refractivity contribution is -0.169. The van der Waals surface area contributed by atoms with Crippen molar-refractivity contribution in [3.63, 3.8) is 0 Å². The van der Waals surface area contributed by atoms with Crippen LogP contribution in [-0.2, 0) is 14.4 Å². The Labute approximate surface area is 218 Å². The molecule has 3 aliphatic carbocycles. The van der Waals surface area contributed by atoms with Crippen LogP contribution in [0.3, 0.4) is 0 Å². The van der Waals surface area contributed by atoms with Crippen LogP contribution in [0.5, 0.6) is 5.75 Å². The molecule has 11 heteroatoms. The van der Waals surface area contributed by atoms with Gasteiger partial charge in [0.25, 0.3) is 5.91 Å². The fraction of sp³-hybridized carbons (Fsp3) is 0.500. The Morgan fingerprint density at radius 1 is 1.19 bits per heavy atom. The second-order valence-electron chi connectivity index (χ2n) is 10.5. The van der Waals surface area contributed by atoms with Gasteiger partial charge in [0, 0.05) is 23.2 Å². The first kappa shape index (κ1) is 27.2. The third-order valence-electron chi connectivity index (χ3n) is 7.55. The van der Waals surface area contributed by atoms with Crippen molar-refractivity contribution in [1.82, 2.24) is 4.90 Å². The van der Waals surface area contributed by atoms with Crippen LogP contribution in [0.2, 0.25) is 0 Å². The van der Waals surface area contributed by atoms with Crippen LogP contribution in [-0.4, -0.2) is 91.3 Å². The number of aliphatic hydroxyl groups is 4. The fourth-order valence-corrected chi connectivity index (χ4v) is 7.27. The number of ketones is 2. The number of carbonyl (C=O) groups excluding carboxylic acids is 3. The molecule has 0 spiro atoms. The van der Waals surface area contributed by atoms with Crippen LogP contribution in [0, 0.1) is 17.8 Å². The van der Waals surface area contributed by atoms with E-state index in [9.17, 15) is 39.9 Å². The number of aromatic hydroxyl groups is 1. The molecule has 0 heterocycles. The number of Topliss-reactive ketones (excluding diaryl/α,β-unsaturated/α-hetero) is 2. The van der Waals surface area contributed by atoms with E-state index in [0.29, 0.717) is 17.2 Å². The Bertz CT molecular complexity index is 1240. The number of nitrogens with two attached hydrogens (primary N) is 1. The van der Waals surface area contributed by atoms with Crippen LogP contribution in [0.4, 0.5) is 0 Å². The van der Waals surface area contributed by atoms with Gasteiger partial charge in [-0.05, 0) is 37.4 Å². The SMILES string of the molecule is CC(C)CSC[C@H]1c2cccc(O)c2C(O)=C2C(=O)[C@]3(O)C(O)=C(C(N)=O)C(=O)[C@@H](N(C)C)C3[C@@H](O)C21. The molecule has 0 saturated heterocycles. The summed E-state index contributed by atoms with van der Waals surface area (Å²) in [7, 11) is 2.96. The van der Waals surface area contributed by atoms with Crippen molar-refractivity contribution >= 4 is 35.0 Å². The van der Waals surface area contributed by atoms with Gasteiger partial charge in [0.2, 0.25) is 5.78 Å². The number of carbonyl (C=O) groups is 3. The van der Waals surface area contributed by atoms with E-state index in [0.717, 1.165) is 5.75 Å². The Kier molecular flexibility index (Phi) is 6.95. The van der Waals surface area contributed by atoms with Gasteiger partial charge in [0.05, 0.1) is 23.6 Å². The first-order valence-corrected chi connectivity index (χ1v) is 13.1. The number of nitrogens with zero attached hydrogens (tertiary/aromatic N) is 1. The number of hydrogen-bond acceptors (Lipinski definition) is 10. The zero-order valence-electron chi connectivity index (χ0n) is 21.0. The number of benzene rings is 1. The second-order valence-corrected chi connectivity index (χ2v) is 11.6. The highest BCUT2D eigenvalue weighted by Gasteiger charge is 2.68. The number of thioether (sulfide) groups is 1. The third-order valence-corrected chi connectivity index (χ3v) is 9.04. The van der Waals surface area contributed by atoms with E-state index < -0.39 is 70.1 Å². The normalized spacial score (nSPS) is 31.5. The maximum Gasteiger partial charge on any atom is 0.255 e. The van der Waals surface area contributed by atoms with Gasteiger partial charge in [-0.25, -0.2) is 0 Å². The molecule has 37 heavy (non-hydrogen) atoms. The Balaban J connectivity index is 2.00. The van der Waals surface area contributed by atoms with Crippen molar-refractivity contribution in [1.29, 1.82) is 0 Å². The molecule has 1 aromatic carbocycles. The van der Waals surface area contributed by atoms with Gasteiger partial charge in [0.15, 0.2) is 11.4 Å². The second kappa shape index (κ2) is 9.46. The first-order valence-electron chi connectivity index (χ1n) is 12.0. The molecule has 6 atom stereocenters. The number of amides is 1. The predicted molar refractivity (Wildman–Crippen MR) is 137 cm³/mol. The molecule has 10 nitrogen and oxygen atoms in total. The van der Waals surface area contributed by atoms with Gasteiger partial charge < -0.3 is 31.3 Å². The van der Waals surface area contributed by atoms with Crippen molar-refractivity contribution < 1.29 is 39.9 Å². The molecule has 4 rings (SSSR count). The first-order chi connectivity index (χ1) is 17.3. The Morgan fingerprint density at radius 3 is 2.41 bits per heavy atom. The van der Waals surface area contributed by atoms with Gasteiger partial charge in [-0.15, -0.1) is 0 Å². The summed E-state index contributed by atoms with van der Waals surface area (Å²) in [5.74, 6) is -7.28. The summed E-state index contributed by atoms with van der Waals surface area (Å²) < 4.78 is 0. The van der Waals surface area contributed by atoms with Crippen molar-refractivity contribution in [2.75, 3.05) is 25.6 Å². The molecule has 200 valence electrons. The molecule has 0 aromatic heterocycles. The van der Waals surface area contributed by atoms with Gasteiger partial charge in [-0.3, -0.25) is 19.3 Å².